The molecule has 1 aromatic heterocycles. The lowest BCUT2D eigenvalue weighted by atomic mass is 9.60. The van der Waals surface area contributed by atoms with Gasteiger partial charge in [-0.05, 0) is 43.2 Å². The lowest BCUT2D eigenvalue weighted by molar-refractivity contribution is 0.0641. The molecular weight excluding hydrogens is 208 g/mol. The molecule has 0 bridgehead atoms. The average Bonchev–Trinajstić information content (AvgIpc) is 2.23. The van der Waals surface area contributed by atoms with Crippen LogP contribution in [0.25, 0.3) is 0 Å². The molecule has 0 unspecified atom stereocenters. The van der Waals surface area contributed by atoms with Crippen molar-refractivity contribution in [3.63, 3.8) is 0 Å². The van der Waals surface area contributed by atoms with E-state index in [0.717, 1.165) is 11.6 Å². The van der Waals surface area contributed by atoms with Gasteiger partial charge in [-0.1, -0.05) is 26.8 Å². The summed E-state index contributed by atoms with van der Waals surface area (Å²) in [4.78, 5) is 8.97. The van der Waals surface area contributed by atoms with Crippen LogP contribution in [-0.4, -0.2) is 16.7 Å². The van der Waals surface area contributed by atoms with Crippen molar-refractivity contribution in [3.05, 3.63) is 30.1 Å². The molecule has 1 aliphatic carbocycles. The molecule has 1 fully saturated rings. The Morgan fingerprint density at radius 1 is 1.35 bits per heavy atom. The molecule has 0 aliphatic heterocycles. The molecule has 1 saturated carbocycles. The third-order valence-corrected chi connectivity index (χ3v) is 3.79. The van der Waals surface area contributed by atoms with Crippen LogP contribution in [0, 0.1) is 11.3 Å². The first-order valence-electron chi connectivity index (χ1n) is 6.35. The molecule has 0 N–H and O–H groups in total. The zero-order chi connectivity index (χ0) is 12.5. The average molecular weight is 230 g/mol. The van der Waals surface area contributed by atoms with Crippen molar-refractivity contribution < 1.29 is 0 Å². The second kappa shape index (κ2) is 4.25. The number of rotatable bonds is 2. The summed E-state index contributed by atoms with van der Waals surface area (Å²) in [6.45, 7) is 9.20. The van der Waals surface area contributed by atoms with Crippen molar-refractivity contribution in [2.75, 3.05) is 0 Å². The van der Waals surface area contributed by atoms with Gasteiger partial charge < -0.3 is 0 Å². The third-order valence-electron chi connectivity index (χ3n) is 3.79. The number of aromatic nitrogens is 1. The molecule has 2 nitrogen and oxygen atoms in total. The van der Waals surface area contributed by atoms with Crippen molar-refractivity contribution in [1.82, 2.24) is 4.98 Å². The fourth-order valence-electron chi connectivity index (χ4n) is 2.39. The standard InChI is InChI=1S/C15H22N2/c1-14(2,3)12-9-15(4,10-12)17-11-13-7-5-6-8-16-13/h5-8,11-12H,9-10H2,1-4H3. The van der Waals surface area contributed by atoms with Crippen LogP contribution in [0.5, 0.6) is 0 Å². The highest BCUT2D eigenvalue weighted by Crippen LogP contribution is 2.49. The van der Waals surface area contributed by atoms with Crippen LogP contribution < -0.4 is 0 Å². The van der Waals surface area contributed by atoms with Gasteiger partial charge in [-0.25, -0.2) is 0 Å². The minimum Gasteiger partial charge on any atom is -0.285 e. The Morgan fingerprint density at radius 3 is 2.59 bits per heavy atom. The molecule has 17 heavy (non-hydrogen) atoms. The minimum absolute atomic E-state index is 0.134. The van der Waals surface area contributed by atoms with Crippen molar-refractivity contribution in [3.8, 4) is 0 Å². The van der Waals surface area contributed by atoms with E-state index in [0.29, 0.717) is 5.41 Å². The highest BCUT2D eigenvalue weighted by Gasteiger charge is 2.44. The summed E-state index contributed by atoms with van der Waals surface area (Å²) in [5.41, 5.74) is 1.50. The van der Waals surface area contributed by atoms with Gasteiger partial charge in [0.1, 0.15) is 0 Å². The lowest BCUT2D eigenvalue weighted by Crippen LogP contribution is -2.45. The molecule has 0 amide bonds. The maximum absolute atomic E-state index is 4.71. The zero-order valence-electron chi connectivity index (χ0n) is 11.3. The molecule has 0 atom stereocenters. The van der Waals surface area contributed by atoms with Crippen molar-refractivity contribution in [2.24, 2.45) is 16.3 Å². The van der Waals surface area contributed by atoms with Gasteiger partial charge in [-0.2, -0.15) is 0 Å². The van der Waals surface area contributed by atoms with E-state index in [9.17, 15) is 0 Å². The van der Waals surface area contributed by atoms with E-state index in [1.807, 2.05) is 30.6 Å². The van der Waals surface area contributed by atoms with E-state index >= 15 is 0 Å². The van der Waals surface area contributed by atoms with Gasteiger partial charge >= 0.3 is 0 Å². The molecule has 1 aliphatic rings. The summed E-state index contributed by atoms with van der Waals surface area (Å²) in [5, 5.41) is 0. The fraction of sp³-hybridized carbons (Fsp3) is 0.600. The first-order chi connectivity index (χ1) is 7.89. The Morgan fingerprint density at radius 2 is 2.06 bits per heavy atom. The van der Waals surface area contributed by atoms with Crippen molar-refractivity contribution in [2.45, 2.75) is 46.1 Å². The zero-order valence-corrected chi connectivity index (χ0v) is 11.3. The summed E-state index contributed by atoms with van der Waals surface area (Å²) in [6.07, 6.45) is 6.11. The van der Waals surface area contributed by atoms with Crippen LogP contribution >= 0.6 is 0 Å². The SMILES string of the molecule is CC1(N=Cc2ccccn2)CC(C(C)(C)C)C1. The second-order valence-electron chi connectivity index (χ2n) is 6.48. The van der Waals surface area contributed by atoms with Crippen LogP contribution in [0.15, 0.2) is 29.4 Å². The van der Waals surface area contributed by atoms with Crippen LogP contribution in [0.4, 0.5) is 0 Å². The van der Waals surface area contributed by atoms with Gasteiger partial charge in [0.2, 0.25) is 0 Å². The van der Waals surface area contributed by atoms with Crippen LogP contribution in [0.3, 0.4) is 0 Å². The van der Waals surface area contributed by atoms with Crippen molar-refractivity contribution in [1.29, 1.82) is 0 Å². The maximum Gasteiger partial charge on any atom is 0.0808 e. The smallest absolute Gasteiger partial charge is 0.0808 e. The number of hydrogen-bond acceptors (Lipinski definition) is 2. The maximum atomic E-state index is 4.71. The topological polar surface area (TPSA) is 25.2 Å². The molecule has 92 valence electrons. The van der Waals surface area contributed by atoms with Gasteiger partial charge in [-0.3, -0.25) is 9.98 Å². The highest BCUT2D eigenvalue weighted by molar-refractivity contribution is 5.77. The van der Waals surface area contributed by atoms with E-state index in [1.54, 1.807) is 0 Å². The summed E-state index contributed by atoms with van der Waals surface area (Å²) in [5.74, 6) is 0.799. The third kappa shape index (κ3) is 2.93. The largest absolute Gasteiger partial charge is 0.285 e. The Bertz CT molecular complexity index is 395. The Labute approximate surface area is 104 Å². The van der Waals surface area contributed by atoms with Gasteiger partial charge in [-0.15, -0.1) is 0 Å². The predicted molar refractivity (Wildman–Crippen MR) is 72.4 cm³/mol. The number of nitrogens with zero attached hydrogens (tertiary/aromatic N) is 2. The normalized spacial score (nSPS) is 29.3. The van der Waals surface area contributed by atoms with E-state index in [1.165, 1.54) is 12.8 Å². The molecule has 1 aromatic rings. The first kappa shape index (κ1) is 12.3. The second-order valence-corrected chi connectivity index (χ2v) is 6.48. The summed E-state index contributed by atoms with van der Waals surface area (Å²) in [6, 6.07) is 5.92. The number of aliphatic imine (C=N–C) groups is 1. The summed E-state index contributed by atoms with van der Waals surface area (Å²) in [7, 11) is 0. The van der Waals surface area contributed by atoms with Gasteiger partial charge in [0.05, 0.1) is 11.2 Å². The quantitative estimate of drug-likeness (QED) is 0.711. The molecule has 0 saturated heterocycles. The minimum atomic E-state index is 0.134. The Hall–Kier alpha value is -1.18. The van der Waals surface area contributed by atoms with E-state index in [2.05, 4.69) is 32.7 Å². The monoisotopic (exact) mass is 230 g/mol. The summed E-state index contributed by atoms with van der Waals surface area (Å²) < 4.78 is 0. The first-order valence-corrected chi connectivity index (χ1v) is 6.35. The van der Waals surface area contributed by atoms with E-state index in [-0.39, 0.29) is 5.54 Å². The predicted octanol–water partition coefficient (Wildman–Crippen LogP) is 3.72. The molecule has 0 radical (unpaired) electrons. The van der Waals surface area contributed by atoms with Crippen LogP contribution in [-0.2, 0) is 0 Å². The molecule has 0 aromatic carbocycles. The Balaban J connectivity index is 1.96. The molecule has 2 rings (SSSR count). The number of pyridine rings is 1. The molecule has 1 heterocycles. The van der Waals surface area contributed by atoms with Gasteiger partial charge in [0.15, 0.2) is 0 Å². The Kier molecular flexibility index (Phi) is 3.07. The lowest BCUT2D eigenvalue weighted by Gasteiger charge is -2.48. The van der Waals surface area contributed by atoms with Gasteiger partial charge in [0.25, 0.3) is 0 Å². The van der Waals surface area contributed by atoms with E-state index < -0.39 is 0 Å². The highest BCUT2D eigenvalue weighted by atomic mass is 14.9. The van der Waals surface area contributed by atoms with Gasteiger partial charge in [0, 0.05) is 12.4 Å². The fourth-order valence-corrected chi connectivity index (χ4v) is 2.39. The summed E-state index contributed by atoms with van der Waals surface area (Å²) >= 11 is 0. The molecule has 0 spiro atoms. The van der Waals surface area contributed by atoms with Crippen LogP contribution in [0.1, 0.15) is 46.2 Å². The molecular formula is C15H22N2. The molecule has 2 heteroatoms. The van der Waals surface area contributed by atoms with E-state index in [4.69, 9.17) is 4.99 Å². The number of hydrogen-bond donors (Lipinski definition) is 0. The van der Waals surface area contributed by atoms with Crippen LogP contribution in [0.2, 0.25) is 0 Å². The van der Waals surface area contributed by atoms with Crippen molar-refractivity contribution >= 4 is 6.21 Å².